The van der Waals surface area contributed by atoms with Crippen LogP contribution in [0.25, 0.3) is 11.4 Å². The van der Waals surface area contributed by atoms with Gasteiger partial charge in [0.05, 0.1) is 16.8 Å². The molecule has 6 heteroatoms. The lowest BCUT2D eigenvalue weighted by Crippen LogP contribution is -2.09. The van der Waals surface area contributed by atoms with Crippen LogP contribution in [0, 0.1) is 5.92 Å². The van der Waals surface area contributed by atoms with Gasteiger partial charge in [0.15, 0.2) is 5.82 Å². The molecule has 0 spiro atoms. The highest BCUT2D eigenvalue weighted by Gasteiger charge is 2.15. The molecule has 2 N–H and O–H groups in total. The molecule has 0 aliphatic heterocycles. The number of nitrogens with two attached hydrogens (primary N) is 1. The number of benzene rings is 1. The number of hydrogen-bond donors (Lipinski definition) is 1. The van der Waals surface area contributed by atoms with Gasteiger partial charge < -0.3 is 5.73 Å². The number of rotatable bonds is 6. The number of halogens is 1. The maximum atomic E-state index is 5.96. The lowest BCUT2D eigenvalue weighted by Gasteiger charge is -2.14. The summed E-state index contributed by atoms with van der Waals surface area (Å²) in [7, 11) is 0. The van der Waals surface area contributed by atoms with Crippen LogP contribution in [0.5, 0.6) is 0 Å². The Kier molecular flexibility index (Phi) is 5.17. The van der Waals surface area contributed by atoms with E-state index < -0.39 is 0 Å². The van der Waals surface area contributed by atoms with Crippen molar-refractivity contribution in [1.82, 2.24) is 20.2 Å². The molecule has 114 valence electrons. The van der Waals surface area contributed by atoms with Crippen molar-refractivity contribution < 1.29 is 0 Å². The Morgan fingerprint density at radius 1 is 1.24 bits per heavy atom. The molecule has 0 bridgehead atoms. The van der Waals surface area contributed by atoms with Crippen LogP contribution in [0.4, 0.5) is 5.69 Å². The van der Waals surface area contributed by atoms with Crippen molar-refractivity contribution in [2.45, 2.75) is 46.1 Å². The van der Waals surface area contributed by atoms with Crippen LogP contribution < -0.4 is 5.73 Å². The fourth-order valence-corrected chi connectivity index (χ4v) is 2.42. The lowest BCUT2D eigenvalue weighted by molar-refractivity contribution is 0.414. The predicted octanol–water partition coefficient (Wildman–Crippen LogP) is 3.96. The number of anilines is 1. The van der Waals surface area contributed by atoms with E-state index in [1.807, 2.05) is 16.8 Å². The first-order valence-electron chi connectivity index (χ1n) is 7.32. The van der Waals surface area contributed by atoms with E-state index in [9.17, 15) is 0 Å². The second kappa shape index (κ2) is 6.89. The Balaban J connectivity index is 2.15. The molecular weight excluding hydrogens is 286 g/mol. The average Bonchev–Trinajstić information content (AvgIpc) is 2.90. The van der Waals surface area contributed by atoms with Crippen LogP contribution in [-0.4, -0.2) is 20.2 Å². The van der Waals surface area contributed by atoms with E-state index in [1.54, 1.807) is 6.07 Å². The average molecular weight is 308 g/mol. The van der Waals surface area contributed by atoms with E-state index in [1.165, 1.54) is 12.8 Å². The fourth-order valence-electron chi connectivity index (χ4n) is 2.31. The smallest absolute Gasteiger partial charge is 0.182 e. The third kappa shape index (κ3) is 3.94. The van der Waals surface area contributed by atoms with E-state index in [4.69, 9.17) is 17.3 Å². The Morgan fingerprint density at radius 2 is 2.00 bits per heavy atom. The third-order valence-corrected chi connectivity index (χ3v) is 3.91. The van der Waals surface area contributed by atoms with Gasteiger partial charge in [-0.15, -0.1) is 5.10 Å². The van der Waals surface area contributed by atoms with Gasteiger partial charge in [0.2, 0.25) is 0 Å². The standard InChI is InChI=1S/C15H22ClN5/c1-10(2)5-4-6-11(3)21-15(18-19-20-21)12-7-8-13(16)14(17)9-12/h7-11H,4-6,17H2,1-3H3. The summed E-state index contributed by atoms with van der Waals surface area (Å²) >= 11 is 5.96. The van der Waals surface area contributed by atoms with Gasteiger partial charge in [0.1, 0.15) is 0 Å². The molecule has 0 aliphatic carbocycles. The number of nitrogens with zero attached hydrogens (tertiary/aromatic N) is 4. The van der Waals surface area contributed by atoms with Crippen LogP contribution in [-0.2, 0) is 0 Å². The maximum absolute atomic E-state index is 5.96. The van der Waals surface area contributed by atoms with Crippen LogP contribution in [0.1, 0.15) is 46.1 Å². The zero-order valence-corrected chi connectivity index (χ0v) is 13.5. The number of tetrazole rings is 1. The largest absolute Gasteiger partial charge is 0.398 e. The van der Waals surface area contributed by atoms with E-state index >= 15 is 0 Å². The quantitative estimate of drug-likeness (QED) is 0.820. The Bertz CT molecular complexity index is 593. The molecule has 1 aromatic heterocycles. The maximum Gasteiger partial charge on any atom is 0.182 e. The first-order valence-corrected chi connectivity index (χ1v) is 7.70. The van der Waals surface area contributed by atoms with Gasteiger partial charge in [0.25, 0.3) is 0 Å². The van der Waals surface area contributed by atoms with Gasteiger partial charge in [-0.2, -0.15) is 0 Å². The van der Waals surface area contributed by atoms with Crippen LogP contribution in [0.15, 0.2) is 18.2 Å². The summed E-state index contributed by atoms with van der Waals surface area (Å²) in [5, 5.41) is 12.6. The molecule has 0 radical (unpaired) electrons. The van der Waals surface area contributed by atoms with E-state index in [0.29, 0.717) is 10.7 Å². The Labute approximate surface area is 130 Å². The van der Waals surface area contributed by atoms with Gasteiger partial charge >= 0.3 is 0 Å². The molecule has 21 heavy (non-hydrogen) atoms. The van der Waals surface area contributed by atoms with Gasteiger partial charge in [-0.05, 0) is 47.9 Å². The minimum Gasteiger partial charge on any atom is -0.398 e. The number of hydrogen-bond acceptors (Lipinski definition) is 4. The second-order valence-electron chi connectivity index (χ2n) is 5.86. The van der Waals surface area contributed by atoms with Crippen LogP contribution >= 0.6 is 11.6 Å². The first-order chi connectivity index (χ1) is 9.99. The molecule has 2 aromatic rings. The SMILES string of the molecule is CC(C)CCCC(C)n1nnnc1-c1ccc(Cl)c(N)c1. The van der Waals surface area contributed by atoms with Gasteiger partial charge in [-0.3, -0.25) is 0 Å². The zero-order chi connectivity index (χ0) is 15.4. The van der Waals surface area contributed by atoms with Crippen LogP contribution in [0.3, 0.4) is 0 Å². The molecule has 1 aromatic carbocycles. The van der Waals surface area contributed by atoms with Gasteiger partial charge in [0, 0.05) is 5.56 Å². The minimum atomic E-state index is 0.255. The highest BCUT2D eigenvalue weighted by molar-refractivity contribution is 6.33. The molecule has 1 atom stereocenters. The van der Waals surface area contributed by atoms with Crippen molar-refractivity contribution in [3.05, 3.63) is 23.2 Å². The molecule has 2 rings (SSSR count). The number of aromatic nitrogens is 4. The molecule has 1 heterocycles. The van der Waals surface area contributed by atoms with Crippen molar-refractivity contribution in [2.75, 3.05) is 5.73 Å². The summed E-state index contributed by atoms with van der Waals surface area (Å²) in [6.07, 6.45) is 3.44. The third-order valence-electron chi connectivity index (χ3n) is 3.57. The topological polar surface area (TPSA) is 69.6 Å². The summed E-state index contributed by atoms with van der Waals surface area (Å²) in [5.74, 6) is 1.46. The van der Waals surface area contributed by atoms with Crippen molar-refractivity contribution in [1.29, 1.82) is 0 Å². The molecule has 0 fully saturated rings. The molecule has 5 nitrogen and oxygen atoms in total. The molecule has 0 amide bonds. The van der Waals surface area contributed by atoms with Crippen molar-refractivity contribution in [2.24, 2.45) is 5.92 Å². The minimum absolute atomic E-state index is 0.255. The predicted molar refractivity (Wildman–Crippen MR) is 86.1 cm³/mol. The summed E-state index contributed by atoms with van der Waals surface area (Å²) in [6.45, 7) is 6.62. The Morgan fingerprint density at radius 3 is 2.67 bits per heavy atom. The molecular formula is C15H22ClN5. The fraction of sp³-hybridized carbons (Fsp3) is 0.533. The summed E-state index contributed by atoms with van der Waals surface area (Å²) in [5.41, 5.74) is 7.28. The first kappa shape index (κ1) is 15.8. The number of nitrogen functional groups attached to an aromatic ring is 1. The van der Waals surface area contributed by atoms with E-state index in [-0.39, 0.29) is 6.04 Å². The Hall–Kier alpha value is -1.62. The van der Waals surface area contributed by atoms with Crippen molar-refractivity contribution in [3.63, 3.8) is 0 Å². The normalized spacial score (nSPS) is 12.8. The van der Waals surface area contributed by atoms with Gasteiger partial charge in [-0.1, -0.05) is 38.3 Å². The zero-order valence-electron chi connectivity index (χ0n) is 12.8. The van der Waals surface area contributed by atoms with Crippen molar-refractivity contribution >= 4 is 17.3 Å². The molecule has 0 saturated heterocycles. The summed E-state index contributed by atoms with van der Waals surface area (Å²) in [6, 6.07) is 5.73. The summed E-state index contributed by atoms with van der Waals surface area (Å²) in [4.78, 5) is 0. The monoisotopic (exact) mass is 307 g/mol. The highest BCUT2D eigenvalue weighted by Crippen LogP contribution is 2.27. The van der Waals surface area contributed by atoms with E-state index in [0.717, 1.165) is 23.7 Å². The van der Waals surface area contributed by atoms with Crippen molar-refractivity contribution in [3.8, 4) is 11.4 Å². The second-order valence-corrected chi connectivity index (χ2v) is 6.26. The highest BCUT2D eigenvalue weighted by atomic mass is 35.5. The lowest BCUT2D eigenvalue weighted by atomic mass is 10.0. The van der Waals surface area contributed by atoms with E-state index in [2.05, 4.69) is 36.3 Å². The molecule has 1 unspecified atom stereocenters. The molecule has 0 aliphatic rings. The van der Waals surface area contributed by atoms with Crippen LogP contribution in [0.2, 0.25) is 5.02 Å². The van der Waals surface area contributed by atoms with Gasteiger partial charge in [-0.25, -0.2) is 4.68 Å². The summed E-state index contributed by atoms with van der Waals surface area (Å²) < 4.78 is 1.86. The molecule has 0 saturated carbocycles.